The topological polar surface area (TPSA) is 64.3 Å². The zero-order valence-corrected chi connectivity index (χ0v) is 11.3. The number of ether oxygens (including phenoxy) is 1. The van der Waals surface area contributed by atoms with E-state index < -0.39 is 6.10 Å². The number of hydrogen-bond donors (Lipinski definition) is 2. The van der Waals surface area contributed by atoms with Gasteiger partial charge < -0.3 is 15.8 Å². The monoisotopic (exact) mass is 250 g/mol. The minimum absolute atomic E-state index is 0.0437. The fraction of sp³-hybridized carbons (Fsp3) is 0.500. The van der Waals surface area contributed by atoms with Gasteiger partial charge in [0.25, 0.3) is 5.91 Å². The molecule has 0 aliphatic rings. The molecule has 3 N–H and O–H groups in total. The smallest absolute Gasteiger partial charge is 0.260 e. The second-order valence-corrected chi connectivity index (χ2v) is 4.41. The maximum absolute atomic E-state index is 11.7. The maximum atomic E-state index is 11.7. The van der Waals surface area contributed by atoms with Gasteiger partial charge in [-0.1, -0.05) is 19.1 Å². The predicted octanol–water partition coefficient (Wildman–Crippen LogP) is 2.00. The molecule has 0 aliphatic heterocycles. The molecule has 0 saturated carbocycles. The van der Waals surface area contributed by atoms with Crippen LogP contribution in [0.2, 0.25) is 0 Å². The summed E-state index contributed by atoms with van der Waals surface area (Å²) in [5.41, 5.74) is 6.80. The van der Waals surface area contributed by atoms with Crippen molar-refractivity contribution in [2.24, 2.45) is 5.73 Å². The fourth-order valence-electron chi connectivity index (χ4n) is 1.52. The molecular formula is C14H22N2O2. The molecule has 1 aromatic carbocycles. The van der Waals surface area contributed by atoms with Crippen molar-refractivity contribution in [2.45, 2.75) is 39.3 Å². The number of benzene rings is 1. The number of nitrogens with one attached hydrogen (secondary N) is 1. The molecule has 100 valence electrons. The average molecular weight is 250 g/mol. The van der Waals surface area contributed by atoms with Crippen LogP contribution >= 0.6 is 0 Å². The van der Waals surface area contributed by atoms with Gasteiger partial charge in [0.15, 0.2) is 6.10 Å². The van der Waals surface area contributed by atoms with Gasteiger partial charge in [-0.05, 0) is 38.0 Å². The number of nitrogens with two attached hydrogens (primary N) is 1. The summed E-state index contributed by atoms with van der Waals surface area (Å²) in [5, 5.41) is 2.80. The van der Waals surface area contributed by atoms with Gasteiger partial charge in [0.2, 0.25) is 0 Å². The van der Waals surface area contributed by atoms with E-state index in [9.17, 15) is 4.79 Å². The molecule has 0 fully saturated rings. The van der Waals surface area contributed by atoms with Crippen molar-refractivity contribution < 1.29 is 9.53 Å². The molecule has 0 spiro atoms. The summed E-state index contributed by atoms with van der Waals surface area (Å²) in [6, 6.07) is 7.48. The first-order valence-corrected chi connectivity index (χ1v) is 6.34. The Labute approximate surface area is 109 Å². The van der Waals surface area contributed by atoms with Gasteiger partial charge in [-0.2, -0.15) is 0 Å². The van der Waals surface area contributed by atoms with E-state index >= 15 is 0 Å². The number of hydrogen-bond acceptors (Lipinski definition) is 3. The molecule has 0 heterocycles. The lowest BCUT2D eigenvalue weighted by atomic mass is 10.1. The van der Waals surface area contributed by atoms with Crippen molar-refractivity contribution in [1.82, 2.24) is 5.32 Å². The largest absolute Gasteiger partial charge is 0.481 e. The van der Waals surface area contributed by atoms with Crippen molar-refractivity contribution in [2.75, 3.05) is 6.54 Å². The summed E-state index contributed by atoms with van der Waals surface area (Å²) in [5.74, 6) is 0.576. The summed E-state index contributed by atoms with van der Waals surface area (Å²) in [7, 11) is 0. The number of carbonyl (C=O) groups excluding carboxylic acids is 1. The molecule has 0 radical (unpaired) electrons. The normalized spacial score (nSPS) is 13.8. The van der Waals surface area contributed by atoms with Crippen LogP contribution < -0.4 is 15.8 Å². The maximum Gasteiger partial charge on any atom is 0.260 e. The van der Waals surface area contributed by atoms with Crippen LogP contribution in [0.4, 0.5) is 0 Å². The molecule has 18 heavy (non-hydrogen) atoms. The Morgan fingerprint density at radius 3 is 2.78 bits per heavy atom. The summed E-state index contributed by atoms with van der Waals surface area (Å²) >= 11 is 0. The van der Waals surface area contributed by atoms with Crippen LogP contribution in [0.3, 0.4) is 0 Å². The lowest BCUT2D eigenvalue weighted by Gasteiger charge is -2.15. The van der Waals surface area contributed by atoms with E-state index in [1.807, 2.05) is 38.1 Å². The van der Waals surface area contributed by atoms with Crippen LogP contribution in [0, 0.1) is 0 Å². The highest BCUT2D eigenvalue weighted by Crippen LogP contribution is 2.18. The lowest BCUT2D eigenvalue weighted by molar-refractivity contribution is -0.127. The van der Waals surface area contributed by atoms with Gasteiger partial charge >= 0.3 is 0 Å². The van der Waals surface area contributed by atoms with E-state index in [1.54, 1.807) is 6.92 Å². The van der Waals surface area contributed by atoms with Gasteiger partial charge in [-0.25, -0.2) is 0 Å². The van der Waals surface area contributed by atoms with E-state index in [-0.39, 0.29) is 11.9 Å². The van der Waals surface area contributed by atoms with Crippen molar-refractivity contribution in [3.8, 4) is 5.75 Å². The van der Waals surface area contributed by atoms with Crippen LogP contribution in [-0.2, 0) is 4.79 Å². The highest BCUT2D eigenvalue weighted by molar-refractivity contribution is 5.80. The average Bonchev–Trinajstić information content (AvgIpc) is 2.36. The number of amides is 1. The number of rotatable bonds is 6. The van der Waals surface area contributed by atoms with E-state index in [4.69, 9.17) is 10.5 Å². The van der Waals surface area contributed by atoms with Crippen molar-refractivity contribution in [3.05, 3.63) is 29.8 Å². The minimum atomic E-state index is -0.500. The standard InChI is InChI=1S/C14H22N2O2/c1-4-8-16-14(17)11(3)18-13-7-5-6-12(9-13)10(2)15/h5-7,9-11H,4,8,15H2,1-3H3,(H,16,17)/t10-,11?/m0/s1. The Morgan fingerprint density at radius 1 is 1.44 bits per heavy atom. The second-order valence-electron chi connectivity index (χ2n) is 4.41. The summed E-state index contributed by atoms with van der Waals surface area (Å²) < 4.78 is 5.60. The third-order valence-electron chi connectivity index (χ3n) is 2.62. The van der Waals surface area contributed by atoms with Crippen molar-refractivity contribution >= 4 is 5.91 Å². The number of carbonyl (C=O) groups is 1. The molecule has 0 bridgehead atoms. The molecule has 1 aromatic rings. The first-order chi connectivity index (χ1) is 8.54. The molecular weight excluding hydrogens is 228 g/mol. The van der Waals surface area contributed by atoms with E-state index in [0.29, 0.717) is 12.3 Å². The highest BCUT2D eigenvalue weighted by Gasteiger charge is 2.14. The highest BCUT2D eigenvalue weighted by atomic mass is 16.5. The Morgan fingerprint density at radius 2 is 2.17 bits per heavy atom. The van der Waals surface area contributed by atoms with Crippen molar-refractivity contribution in [3.63, 3.8) is 0 Å². The Hall–Kier alpha value is -1.55. The lowest BCUT2D eigenvalue weighted by Crippen LogP contribution is -2.36. The fourth-order valence-corrected chi connectivity index (χ4v) is 1.52. The molecule has 1 rings (SSSR count). The SMILES string of the molecule is CCCNC(=O)C(C)Oc1cccc([C@H](C)N)c1. The van der Waals surface area contributed by atoms with Crippen LogP contribution in [0.1, 0.15) is 38.8 Å². The van der Waals surface area contributed by atoms with Crippen LogP contribution in [-0.4, -0.2) is 18.6 Å². The molecule has 0 aliphatic carbocycles. The van der Waals surface area contributed by atoms with Gasteiger partial charge in [0.1, 0.15) is 5.75 Å². The van der Waals surface area contributed by atoms with E-state index in [2.05, 4.69) is 5.32 Å². The van der Waals surface area contributed by atoms with Gasteiger partial charge in [0.05, 0.1) is 0 Å². The first-order valence-electron chi connectivity index (χ1n) is 6.34. The second kappa shape index (κ2) is 7.01. The molecule has 2 atom stereocenters. The van der Waals surface area contributed by atoms with Crippen LogP contribution in [0.5, 0.6) is 5.75 Å². The zero-order valence-electron chi connectivity index (χ0n) is 11.3. The molecule has 0 saturated heterocycles. The molecule has 1 amide bonds. The molecule has 1 unspecified atom stereocenters. The molecule has 4 heteroatoms. The Balaban J connectivity index is 2.61. The van der Waals surface area contributed by atoms with Gasteiger partial charge in [-0.3, -0.25) is 4.79 Å². The van der Waals surface area contributed by atoms with Crippen LogP contribution in [0.25, 0.3) is 0 Å². The Bertz CT molecular complexity index is 391. The van der Waals surface area contributed by atoms with E-state index in [0.717, 1.165) is 12.0 Å². The summed E-state index contributed by atoms with van der Waals surface area (Å²) in [4.78, 5) is 11.7. The third kappa shape index (κ3) is 4.37. The third-order valence-corrected chi connectivity index (χ3v) is 2.62. The first kappa shape index (κ1) is 14.5. The van der Waals surface area contributed by atoms with E-state index in [1.165, 1.54) is 0 Å². The van der Waals surface area contributed by atoms with Gasteiger partial charge in [0, 0.05) is 12.6 Å². The van der Waals surface area contributed by atoms with Crippen molar-refractivity contribution in [1.29, 1.82) is 0 Å². The zero-order chi connectivity index (χ0) is 13.5. The predicted molar refractivity (Wildman–Crippen MR) is 72.4 cm³/mol. The summed E-state index contributed by atoms with van der Waals surface area (Å²) in [6.07, 6.45) is 0.415. The summed E-state index contributed by atoms with van der Waals surface area (Å²) in [6.45, 7) is 6.34. The quantitative estimate of drug-likeness (QED) is 0.811. The van der Waals surface area contributed by atoms with Gasteiger partial charge in [-0.15, -0.1) is 0 Å². The Kier molecular flexibility index (Phi) is 5.65. The molecule has 0 aromatic heterocycles. The minimum Gasteiger partial charge on any atom is -0.481 e. The van der Waals surface area contributed by atoms with Crippen LogP contribution in [0.15, 0.2) is 24.3 Å². The molecule has 4 nitrogen and oxygen atoms in total.